The van der Waals surface area contributed by atoms with E-state index in [0.717, 1.165) is 35.6 Å². The van der Waals surface area contributed by atoms with Gasteiger partial charge in [-0.2, -0.15) is 10.2 Å². The molecule has 0 radical (unpaired) electrons. The molecule has 37 heavy (non-hydrogen) atoms. The van der Waals surface area contributed by atoms with Crippen LogP contribution in [0.25, 0.3) is 10.8 Å². The van der Waals surface area contributed by atoms with Gasteiger partial charge in [0.15, 0.2) is 5.82 Å². The Labute approximate surface area is 213 Å². The summed E-state index contributed by atoms with van der Waals surface area (Å²) in [6.45, 7) is 0.540. The first-order chi connectivity index (χ1) is 18.0. The quantitative estimate of drug-likeness (QED) is 0.285. The fraction of sp³-hybridized carbons (Fsp3) is 0.393. The summed E-state index contributed by atoms with van der Waals surface area (Å²) in [5.74, 6) is 1.72. The van der Waals surface area contributed by atoms with Crippen molar-refractivity contribution in [2.24, 2.45) is 17.8 Å². The number of aromatic nitrogens is 4. The largest absolute Gasteiger partial charge is 0.320 e. The van der Waals surface area contributed by atoms with E-state index in [4.69, 9.17) is 0 Å². The van der Waals surface area contributed by atoms with Crippen molar-refractivity contribution < 1.29 is 9.72 Å². The van der Waals surface area contributed by atoms with Crippen molar-refractivity contribution in [1.82, 2.24) is 19.6 Å². The van der Waals surface area contributed by atoms with E-state index in [-0.39, 0.29) is 16.9 Å². The van der Waals surface area contributed by atoms with Gasteiger partial charge in [-0.1, -0.05) is 42.5 Å². The van der Waals surface area contributed by atoms with Crippen LogP contribution < -0.4 is 5.32 Å². The third-order valence-corrected chi connectivity index (χ3v) is 8.69. The third kappa shape index (κ3) is 3.80. The molecule has 9 heteroatoms. The average molecular weight is 497 g/mol. The molecule has 1 amide bonds. The van der Waals surface area contributed by atoms with Gasteiger partial charge in [-0.3, -0.25) is 24.3 Å². The van der Waals surface area contributed by atoms with Crippen LogP contribution in [0.2, 0.25) is 0 Å². The van der Waals surface area contributed by atoms with E-state index < -0.39 is 10.8 Å². The SMILES string of the molecule is O=C(Nc1ccn(Cc2cccc3ccccc23)n1)c1nn(C23CC4CC(CC(C4)C2)C3)cc1[N+](=O)[O-]. The van der Waals surface area contributed by atoms with Crippen LogP contribution in [0.1, 0.15) is 54.6 Å². The summed E-state index contributed by atoms with van der Waals surface area (Å²) < 4.78 is 3.52. The number of carbonyl (C=O) groups excluding carboxylic acids is 1. The highest BCUT2D eigenvalue weighted by atomic mass is 16.6. The number of nitrogens with one attached hydrogen (secondary N) is 1. The summed E-state index contributed by atoms with van der Waals surface area (Å²) in [5.41, 5.74) is 0.523. The van der Waals surface area contributed by atoms with Crippen LogP contribution in [0.4, 0.5) is 11.5 Å². The maximum absolute atomic E-state index is 13.2. The Bertz CT molecular complexity index is 1500. The van der Waals surface area contributed by atoms with Gasteiger partial charge in [-0.05, 0) is 72.6 Å². The van der Waals surface area contributed by atoms with Crippen molar-refractivity contribution in [3.05, 3.63) is 82.3 Å². The van der Waals surface area contributed by atoms with Gasteiger partial charge in [-0.25, -0.2) is 0 Å². The lowest BCUT2D eigenvalue weighted by Crippen LogP contribution is -2.52. The van der Waals surface area contributed by atoms with Gasteiger partial charge < -0.3 is 5.32 Å². The fourth-order valence-corrected chi connectivity index (χ4v) is 7.55. The lowest BCUT2D eigenvalue weighted by atomic mass is 9.53. The highest BCUT2D eigenvalue weighted by Gasteiger charge is 2.53. The van der Waals surface area contributed by atoms with Crippen LogP contribution in [0, 0.1) is 27.9 Å². The molecule has 4 saturated carbocycles. The molecule has 0 unspecified atom stereocenters. The first-order valence-electron chi connectivity index (χ1n) is 13.0. The minimum absolute atomic E-state index is 0.149. The number of fused-ring (bicyclic) bond motifs is 1. The predicted molar refractivity (Wildman–Crippen MR) is 138 cm³/mol. The lowest BCUT2D eigenvalue weighted by molar-refractivity contribution is -0.385. The second-order valence-electron chi connectivity index (χ2n) is 11.2. The molecule has 0 aliphatic heterocycles. The van der Waals surface area contributed by atoms with E-state index in [0.29, 0.717) is 30.1 Å². The Balaban J connectivity index is 1.13. The maximum atomic E-state index is 13.2. The molecule has 9 nitrogen and oxygen atoms in total. The van der Waals surface area contributed by atoms with Crippen molar-refractivity contribution in [3.8, 4) is 0 Å². The lowest BCUT2D eigenvalue weighted by Gasteiger charge is -2.56. The zero-order valence-electron chi connectivity index (χ0n) is 20.4. The number of benzene rings is 2. The zero-order valence-corrected chi connectivity index (χ0v) is 20.4. The number of anilines is 1. The molecule has 0 spiro atoms. The predicted octanol–water partition coefficient (Wildman–Crippen LogP) is 5.37. The van der Waals surface area contributed by atoms with E-state index in [1.807, 2.05) is 18.2 Å². The number of carbonyl (C=O) groups is 1. The molecule has 4 bridgehead atoms. The molecule has 2 heterocycles. The molecule has 4 fully saturated rings. The Hall–Kier alpha value is -4.01. The number of amides is 1. The van der Waals surface area contributed by atoms with Gasteiger partial charge in [-0.15, -0.1) is 0 Å². The van der Waals surface area contributed by atoms with Crippen LogP contribution in [0.3, 0.4) is 0 Å². The molecule has 4 aliphatic carbocycles. The summed E-state index contributed by atoms with van der Waals surface area (Å²) >= 11 is 0. The summed E-state index contributed by atoms with van der Waals surface area (Å²) in [7, 11) is 0. The van der Waals surface area contributed by atoms with Crippen molar-refractivity contribution >= 4 is 28.2 Å². The molecule has 1 N–H and O–H groups in total. The van der Waals surface area contributed by atoms with Crippen molar-refractivity contribution in [1.29, 1.82) is 0 Å². The molecule has 2 aromatic carbocycles. The van der Waals surface area contributed by atoms with Crippen LogP contribution in [-0.4, -0.2) is 30.4 Å². The van der Waals surface area contributed by atoms with Gasteiger partial charge in [0.1, 0.15) is 6.20 Å². The van der Waals surface area contributed by atoms with E-state index in [2.05, 4.69) is 39.8 Å². The van der Waals surface area contributed by atoms with Crippen molar-refractivity contribution in [2.45, 2.75) is 50.6 Å². The van der Waals surface area contributed by atoms with Crippen LogP contribution in [0.5, 0.6) is 0 Å². The molecule has 188 valence electrons. The summed E-state index contributed by atoms with van der Waals surface area (Å²) in [6.07, 6.45) is 10.1. The second-order valence-corrected chi connectivity index (χ2v) is 11.2. The van der Waals surface area contributed by atoms with E-state index in [1.165, 1.54) is 25.5 Å². The summed E-state index contributed by atoms with van der Waals surface area (Å²) in [5, 5.41) is 26.0. The van der Waals surface area contributed by atoms with Gasteiger partial charge in [0.2, 0.25) is 5.69 Å². The fourth-order valence-electron chi connectivity index (χ4n) is 7.55. The minimum atomic E-state index is -0.606. The highest BCUT2D eigenvalue weighted by Crippen LogP contribution is 2.58. The smallest absolute Gasteiger partial charge is 0.303 e. The zero-order chi connectivity index (χ0) is 25.1. The molecular formula is C28H28N6O3. The Morgan fingerprint density at radius 1 is 1.00 bits per heavy atom. The maximum Gasteiger partial charge on any atom is 0.320 e. The number of nitro groups is 1. The molecule has 4 aliphatic rings. The van der Waals surface area contributed by atoms with E-state index in [9.17, 15) is 14.9 Å². The number of hydrogen-bond acceptors (Lipinski definition) is 5. The molecule has 0 saturated heterocycles. The number of rotatable bonds is 6. The summed E-state index contributed by atoms with van der Waals surface area (Å²) in [4.78, 5) is 24.6. The van der Waals surface area contributed by atoms with Crippen LogP contribution >= 0.6 is 0 Å². The Kier molecular flexibility index (Phi) is 4.96. The average Bonchev–Trinajstić information content (AvgIpc) is 3.51. The first kappa shape index (κ1) is 22.2. The van der Waals surface area contributed by atoms with Gasteiger partial charge >= 0.3 is 5.69 Å². The third-order valence-electron chi connectivity index (χ3n) is 8.69. The van der Waals surface area contributed by atoms with Crippen LogP contribution in [0.15, 0.2) is 60.9 Å². The topological polar surface area (TPSA) is 108 Å². The molecule has 0 atom stereocenters. The van der Waals surface area contributed by atoms with Crippen LogP contribution in [-0.2, 0) is 12.1 Å². The normalized spacial score (nSPS) is 26.0. The monoisotopic (exact) mass is 496 g/mol. The minimum Gasteiger partial charge on any atom is -0.303 e. The van der Waals surface area contributed by atoms with Gasteiger partial charge in [0.05, 0.1) is 17.0 Å². The Morgan fingerprint density at radius 2 is 1.70 bits per heavy atom. The molecule has 2 aromatic heterocycles. The number of hydrogen-bond donors (Lipinski definition) is 1. The molecule has 4 aromatic rings. The first-order valence-corrected chi connectivity index (χ1v) is 13.0. The molecular weight excluding hydrogens is 468 g/mol. The Morgan fingerprint density at radius 3 is 2.43 bits per heavy atom. The van der Waals surface area contributed by atoms with Gasteiger partial charge in [0, 0.05) is 12.3 Å². The van der Waals surface area contributed by atoms with Crippen molar-refractivity contribution in [3.63, 3.8) is 0 Å². The second kappa shape index (κ2) is 8.26. The highest BCUT2D eigenvalue weighted by molar-refractivity contribution is 6.05. The van der Waals surface area contributed by atoms with Gasteiger partial charge in [0.25, 0.3) is 5.91 Å². The summed E-state index contributed by atoms with van der Waals surface area (Å²) in [6, 6.07) is 16.0. The van der Waals surface area contributed by atoms with Crippen molar-refractivity contribution in [2.75, 3.05) is 5.32 Å². The molecule has 8 rings (SSSR count). The standard InChI is InChI=1S/C28H28N6O3/c35-27(29-25-8-9-32(30-25)16-22-6-3-5-21-4-1-2-7-23(21)22)26-24(34(36)37)17-33(31-26)28-13-18-10-19(14-28)12-20(11-18)15-28/h1-9,17-20H,10-16H2,(H,29,30,35). The number of nitrogens with zero attached hydrogens (tertiary/aromatic N) is 5. The van der Waals surface area contributed by atoms with E-state index >= 15 is 0 Å². The van der Waals surface area contributed by atoms with E-state index in [1.54, 1.807) is 21.6 Å².